The molecule has 3 rings (SSSR count). The molecular formula is C15H24O2. The van der Waals surface area contributed by atoms with Gasteiger partial charge in [0.25, 0.3) is 0 Å². The topological polar surface area (TPSA) is 26.3 Å². The van der Waals surface area contributed by atoms with Gasteiger partial charge in [-0.2, -0.15) is 0 Å². The van der Waals surface area contributed by atoms with Crippen molar-refractivity contribution >= 4 is 5.78 Å². The third-order valence-electron chi connectivity index (χ3n) is 5.85. The smallest absolute Gasteiger partial charge is 0.164 e. The first-order chi connectivity index (χ1) is 7.77. The molecule has 4 atom stereocenters. The van der Waals surface area contributed by atoms with Crippen molar-refractivity contribution in [2.45, 2.75) is 71.0 Å². The molecule has 1 saturated carbocycles. The van der Waals surface area contributed by atoms with E-state index in [2.05, 4.69) is 20.8 Å². The predicted octanol–water partition coefficient (Wildman–Crippen LogP) is 3.34. The monoisotopic (exact) mass is 236 g/mol. The molecule has 1 aliphatic carbocycles. The highest BCUT2D eigenvalue weighted by Crippen LogP contribution is 2.62. The van der Waals surface area contributed by atoms with Gasteiger partial charge in [-0.25, -0.2) is 0 Å². The molecule has 2 nitrogen and oxygen atoms in total. The van der Waals surface area contributed by atoms with Crippen LogP contribution in [0.25, 0.3) is 0 Å². The van der Waals surface area contributed by atoms with Crippen LogP contribution in [0.5, 0.6) is 0 Å². The first kappa shape index (κ1) is 11.7. The molecular weight excluding hydrogens is 212 g/mol. The fourth-order valence-electron chi connectivity index (χ4n) is 4.61. The molecule has 0 spiro atoms. The minimum atomic E-state index is -0.486. The quantitative estimate of drug-likeness (QED) is 0.645. The van der Waals surface area contributed by atoms with Gasteiger partial charge < -0.3 is 4.74 Å². The van der Waals surface area contributed by atoms with Crippen LogP contribution < -0.4 is 0 Å². The number of carbonyl (C=O) groups is 1. The van der Waals surface area contributed by atoms with Gasteiger partial charge in [-0.05, 0) is 56.8 Å². The summed E-state index contributed by atoms with van der Waals surface area (Å²) in [6.45, 7) is 9.01. The van der Waals surface area contributed by atoms with Crippen LogP contribution >= 0.6 is 0 Å². The van der Waals surface area contributed by atoms with Gasteiger partial charge in [-0.1, -0.05) is 13.8 Å². The van der Waals surface area contributed by atoms with Crippen LogP contribution in [0.2, 0.25) is 0 Å². The van der Waals surface area contributed by atoms with Crippen LogP contribution in [0.4, 0.5) is 0 Å². The summed E-state index contributed by atoms with van der Waals surface area (Å²) < 4.78 is 6.31. The molecule has 2 saturated heterocycles. The molecule has 0 radical (unpaired) electrons. The van der Waals surface area contributed by atoms with E-state index in [1.165, 1.54) is 6.42 Å². The van der Waals surface area contributed by atoms with Crippen molar-refractivity contribution in [2.24, 2.45) is 17.3 Å². The van der Waals surface area contributed by atoms with Crippen molar-refractivity contribution in [3.05, 3.63) is 0 Å². The molecule has 0 amide bonds. The van der Waals surface area contributed by atoms with Crippen molar-refractivity contribution < 1.29 is 9.53 Å². The van der Waals surface area contributed by atoms with E-state index in [0.717, 1.165) is 31.6 Å². The molecule has 2 heteroatoms. The Morgan fingerprint density at radius 3 is 2.47 bits per heavy atom. The number of carbonyl (C=O) groups excluding carboxylic acids is 1. The van der Waals surface area contributed by atoms with Gasteiger partial charge in [-0.15, -0.1) is 0 Å². The Hall–Kier alpha value is -0.370. The second kappa shape index (κ2) is 3.14. The van der Waals surface area contributed by atoms with E-state index in [4.69, 9.17) is 4.74 Å². The third-order valence-corrected chi connectivity index (χ3v) is 5.85. The summed E-state index contributed by atoms with van der Waals surface area (Å²) in [6.07, 6.45) is 5.00. The average molecular weight is 236 g/mol. The Bertz CT molecular complexity index is 373. The van der Waals surface area contributed by atoms with E-state index in [-0.39, 0.29) is 5.60 Å². The normalized spacial score (nSPS) is 52.4. The molecule has 0 N–H and O–H groups in total. The van der Waals surface area contributed by atoms with Crippen LogP contribution in [0.3, 0.4) is 0 Å². The highest BCUT2D eigenvalue weighted by Gasteiger charge is 2.61. The SMILES string of the molecule is CC12CCC3C(CC3(C)C)C(C)(CCC1=O)O2. The lowest BCUT2D eigenvalue weighted by molar-refractivity contribution is -0.215. The fraction of sp³-hybridized carbons (Fsp3) is 0.933. The van der Waals surface area contributed by atoms with E-state index in [0.29, 0.717) is 17.1 Å². The Kier molecular flexibility index (Phi) is 2.16. The number of fused-ring (bicyclic) bond motifs is 4. The summed E-state index contributed by atoms with van der Waals surface area (Å²) in [5.41, 5.74) is -0.0757. The number of hydrogen-bond donors (Lipinski definition) is 0. The number of ether oxygens (including phenoxy) is 1. The Balaban J connectivity index is 1.96. The van der Waals surface area contributed by atoms with Crippen molar-refractivity contribution in [2.75, 3.05) is 0 Å². The lowest BCUT2D eigenvalue weighted by Crippen LogP contribution is -2.58. The third kappa shape index (κ3) is 1.46. The number of hydrogen-bond acceptors (Lipinski definition) is 2. The van der Waals surface area contributed by atoms with Gasteiger partial charge in [0.2, 0.25) is 0 Å². The summed E-state index contributed by atoms with van der Waals surface area (Å²) >= 11 is 0. The van der Waals surface area contributed by atoms with E-state index < -0.39 is 5.60 Å². The van der Waals surface area contributed by atoms with E-state index in [1.54, 1.807) is 0 Å². The average Bonchev–Trinajstić information content (AvgIpc) is 2.28. The molecule has 0 aromatic carbocycles. The van der Waals surface area contributed by atoms with Crippen LogP contribution in [-0.2, 0) is 9.53 Å². The lowest BCUT2D eigenvalue weighted by atomic mass is 9.50. The summed E-state index contributed by atoms with van der Waals surface area (Å²) in [7, 11) is 0. The van der Waals surface area contributed by atoms with E-state index in [9.17, 15) is 4.79 Å². The van der Waals surface area contributed by atoms with Crippen LogP contribution in [0.15, 0.2) is 0 Å². The van der Waals surface area contributed by atoms with Gasteiger partial charge in [-0.3, -0.25) is 4.79 Å². The van der Waals surface area contributed by atoms with E-state index >= 15 is 0 Å². The molecule has 17 heavy (non-hydrogen) atoms. The molecule has 2 heterocycles. The number of ketones is 1. The minimum Gasteiger partial charge on any atom is -0.361 e. The molecule has 4 unspecified atom stereocenters. The van der Waals surface area contributed by atoms with Gasteiger partial charge in [0, 0.05) is 6.42 Å². The Morgan fingerprint density at radius 1 is 1.12 bits per heavy atom. The molecule has 2 aliphatic heterocycles. The van der Waals surface area contributed by atoms with Crippen LogP contribution in [-0.4, -0.2) is 17.0 Å². The summed E-state index contributed by atoms with van der Waals surface area (Å²) in [5.74, 6) is 1.75. The summed E-state index contributed by atoms with van der Waals surface area (Å²) in [4.78, 5) is 12.1. The Morgan fingerprint density at radius 2 is 1.82 bits per heavy atom. The maximum Gasteiger partial charge on any atom is 0.164 e. The molecule has 0 aromatic rings. The first-order valence-corrected chi connectivity index (χ1v) is 7.00. The van der Waals surface area contributed by atoms with Crippen LogP contribution in [0, 0.1) is 17.3 Å². The van der Waals surface area contributed by atoms with Crippen molar-refractivity contribution in [3.63, 3.8) is 0 Å². The van der Waals surface area contributed by atoms with Gasteiger partial charge >= 0.3 is 0 Å². The zero-order chi connectivity index (χ0) is 12.5. The molecule has 3 fully saturated rings. The molecule has 0 aromatic heterocycles. The van der Waals surface area contributed by atoms with Crippen LogP contribution in [0.1, 0.15) is 59.8 Å². The molecule has 96 valence electrons. The lowest BCUT2D eigenvalue weighted by Gasteiger charge is -2.58. The standard InChI is InChI=1S/C15H24O2/c1-13(2)9-11-10(13)5-7-15(4)12(16)6-8-14(11,3)17-15/h10-11H,5-9H2,1-4H3. The second-order valence-electron chi connectivity index (χ2n) is 7.51. The number of rotatable bonds is 0. The molecule has 2 bridgehead atoms. The zero-order valence-corrected chi connectivity index (χ0v) is 11.5. The molecule has 3 aliphatic rings. The Labute approximate surface area is 104 Å². The first-order valence-electron chi connectivity index (χ1n) is 7.00. The second-order valence-corrected chi connectivity index (χ2v) is 7.51. The fourth-order valence-corrected chi connectivity index (χ4v) is 4.61. The summed E-state index contributed by atoms with van der Waals surface area (Å²) in [5, 5.41) is 0. The maximum absolute atomic E-state index is 12.1. The highest BCUT2D eigenvalue weighted by molar-refractivity contribution is 5.87. The zero-order valence-electron chi connectivity index (χ0n) is 11.5. The van der Waals surface area contributed by atoms with Gasteiger partial charge in [0.1, 0.15) is 5.60 Å². The van der Waals surface area contributed by atoms with Gasteiger partial charge in [0.15, 0.2) is 5.78 Å². The van der Waals surface area contributed by atoms with Crippen molar-refractivity contribution in [1.82, 2.24) is 0 Å². The predicted molar refractivity (Wildman–Crippen MR) is 66.7 cm³/mol. The van der Waals surface area contributed by atoms with Gasteiger partial charge in [0.05, 0.1) is 5.60 Å². The highest BCUT2D eigenvalue weighted by atomic mass is 16.5. The summed E-state index contributed by atoms with van der Waals surface area (Å²) in [6, 6.07) is 0. The largest absolute Gasteiger partial charge is 0.361 e. The van der Waals surface area contributed by atoms with Crippen molar-refractivity contribution in [3.8, 4) is 0 Å². The van der Waals surface area contributed by atoms with Crippen molar-refractivity contribution in [1.29, 1.82) is 0 Å². The maximum atomic E-state index is 12.1. The number of Topliss-reactive ketones (excluding diaryl/α,β-unsaturated/α-hetero) is 1. The minimum absolute atomic E-state index is 0.0423. The van der Waals surface area contributed by atoms with E-state index in [1.807, 2.05) is 6.92 Å².